The Balaban J connectivity index is 2.57. The molecule has 1 fully saturated rings. The van der Waals surface area contributed by atoms with E-state index in [9.17, 15) is 19.1 Å². The second kappa shape index (κ2) is 5.40. The van der Waals surface area contributed by atoms with Crippen molar-refractivity contribution >= 4 is 27.8 Å². The van der Waals surface area contributed by atoms with Gasteiger partial charge in [0, 0.05) is 22.0 Å². The lowest BCUT2D eigenvalue weighted by molar-refractivity contribution is -0.143. The van der Waals surface area contributed by atoms with Crippen molar-refractivity contribution in [3.8, 4) is 0 Å². The van der Waals surface area contributed by atoms with E-state index in [1.807, 2.05) is 20.8 Å². The molecule has 1 amide bonds. The fraction of sp³-hybridized carbons (Fsp3) is 0.467. The van der Waals surface area contributed by atoms with Gasteiger partial charge in [0.1, 0.15) is 5.82 Å². The third-order valence-corrected chi connectivity index (χ3v) is 4.14. The molecule has 2 unspecified atom stereocenters. The molecule has 1 aromatic rings. The summed E-state index contributed by atoms with van der Waals surface area (Å²) in [4.78, 5) is 25.2. The standard InChI is InChI=1S/C15H17BrFNO3/c1-15(2,3)18-12(19)7-10(14(20)21)13(18)9-5-4-8(16)6-11(9)17/h4-6,10,13H,7H2,1-3H3,(H,20,21). The maximum atomic E-state index is 14.3. The molecule has 1 heterocycles. The van der Waals surface area contributed by atoms with Gasteiger partial charge in [-0.25, -0.2) is 4.39 Å². The molecule has 1 aliphatic heterocycles. The Kier molecular flexibility index (Phi) is 4.10. The number of carbonyl (C=O) groups is 2. The largest absolute Gasteiger partial charge is 0.481 e. The molecule has 0 aliphatic carbocycles. The number of carboxylic acid groups (broad SMARTS) is 1. The van der Waals surface area contributed by atoms with Crippen LogP contribution in [0, 0.1) is 11.7 Å². The van der Waals surface area contributed by atoms with Crippen LogP contribution in [0.15, 0.2) is 22.7 Å². The lowest BCUT2D eigenvalue weighted by Crippen LogP contribution is -2.44. The number of carboxylic acids is 1. The number of benzene rings is 1. The van der Waals surface area contributed by atoms with Crippen LogP contribution in [0.2, 0.25) is 0 Å². The number of carbonyl (C=O) groups excluding carboxylic acids is 1. The third kappa shape index (κ3) is 2.95. The molecule has 0 radical (unpaired) electrons. The predicted molar refractivity (Wildman–Crippen MR) is 79.2 cm³/mol. The summed E-state index contributed by atoms with van der Waals surface area (Å²) < 4.78 is 14.8. The summed E-state index contributed by atoms with van der Waals surface area (Å²) in [5.74, 6) is -2.79. The van der Waals surface area contributed by atoms with E-state index in [1.165, 1.54) is 17.0 Å². The molecule has 1 N–H and O–H groups in total. The summed E-state index contributed by atoms with van der Waals surface area (Å²) in [6, 6.07) is 3.69. The van der Waals surface area contributed by atoms with Gasteiger partial charge < -0.3 is 10.0 Å². The second-order valence-corrected chi connectivity index (χ2v) is 7.11. The Morgan fingerprint density at radius 1 is 1.43 bits per heavy atom. The van der Waals surface area contributed by atoms with E-state index >= 15 is 0 Å². The average Bonchev–Trinajstić information content (AvgIpc) is 2.66. The number of hydrogen-bond acceptors (Lipinski definition) is 2. The lowest BCUT2D eigenvalue weighted by Gasteiger charge is -2.38. The molecule has 2 atom stereocenters. The Bertz CT molecular complexity index is 597. The number of nitrogens with zero attached hydrogens (tertiary/aromatic N) is 1. The van der Waals surface area contributed by atoms with Crippen LogP contribution in [0.25, 0.3) is 0 Å². The molecule has 2 rings (SSSR count). The Morgan fingerprint density at radius 2 is 2.05 bits per heavy atom. The van der Waals surface area contributed by atoms with Crippen LogP contribution in [0.3, 0.4) is 0 Å². The van der Waals surface area contributed by atoms with Gasteiger partial charge in [-0.2, -0.15) is 0 Å². The molecule has 0 aromatic heterocycles. The van der Waals surface area contributed by atoms with Gasteiger partial charge in [0.25, 0.3) is 0 Å². The normalized spacial score (nSPS) is 22.7. The highest BCUT2D eigenvalue weighted by Crippen LogP contribution is 2.43. The highest BCUT2D eigenvalue weighted by atomic mass is 79.9. The van der Waals surface area contributed by atoms with Crippen LogP contribution in [0.1, 0.15) is 38.8 Å². The minimum atomic E-state index is -1.08. The SMILES string of the molecule is CC(C)(C)N1C(=O)CC(C(=O)O)C1c1ccc(Br)cc1F. The quantitative estimate of drug-likeness (QED) is 0.882. The van der Waals surface area contributed by atoms with E-state index in [4.69, 9.17) is 0 Å². The molecule has 0 saturated carbocycles. The van der Waals surface area contributed by atoms with Crippen molar-refractivity contribution in [3.63, 3.8) is 0 Å². The topological polar surface area (TPSA) is 57.6 Å². The fourth-order valence-electron chi connectivity index (χ4n) is 2.84. The van der Waals surface area contributed by atoms with E-state index < -0.39 is 29.3 Å². The van der Waals surface area contributed by atoms with Gasteiger partial charge >= 0.3 is 5.97 Å². The molecular weight excluding hydrogens is 341 g/mol. The molecule has 1 aromatic carbocycles. The van der Waals surface area contributed by atoms with Gasteiger partial charge in [-0.05, 0) is 32.9 Å². The minimum absolute atomic E-state index is 0.104. The van der Waals surface area contributed by atoms with Crippen molar-refractivity contribution in [3.05, 3.63) is 34.1 Å². The lowest BCUT2D eigenvalue weighted by atomic mass is 9.91. The van der Waals surface area contributed by atoms with Crippen molar-refractivity contribution in [1.29, 1.82) is 0 Å². The zero-order chi connectivity index (χ0) is 15.9. The highest BCUT2D eigenvalue weighted by molar-refractivity contribution is 9.10. The number of likely N-dealkylation sites (tertiary alicyclic amines) is 1. The highest BCUT2D eigenvalue weighted by Gasteiger charge is 2.49. The van der Waals surface area contributed by atoms with Crippen molar-refractivity contribution in [2.45, 2.75) is 38.8 Å². The first kappa shape index (κ1) is 15.9. The molecule has 114 valence electrons. The Labute approximate surface area is 131 Å². The maximum absolute atomic E-state index is 14.3. The third-order valence-electron chi connectivity index (χ3n) is 3.64. The number of hydrogen-bond donors (Lipinski definition) is 1. The summed E-state index contributed by atoms with van der Waals surface area (Å²) in [7, 11) is 0. The summed E-state index contributed by atoms with van der Waals surface area (Å²) in [5, 5.41) is 9.38. The molecule has 1 aliphatic rings. The van der Waals surface area contributed by atoms with Gasteiger partial charge in [-0.1, -0.05) is 22.0 Å². The summed E-state index contributed by atoms with van der Waals surface area (Å²) in [5.41, 5.74) is -0.336. The number of halogens is 2. The second-order valence-electron chi connectivity index (χ2n) is 6.19. The first-order valence-corrected chi connectivity index (χ1v) is 7.42. The zero-order valence-electron chi connectivity index (χ0n) is 12.1. The van der Waals surface area contributed by atoms with E-state index in [-0.39, 0.29) is 17.9 Å². The molecular formula is C15H17BrFNO3. The number of rotatable bonds is 2. The first-order valence-electron chi connectivity index (χ1n) is 6.63. The van der Waals surface area contributed by atoms with Gasteiger partial charge in [0.05, 0.1) is 12.0 Å². The molecule has 4 nitrogen and oxygen atoms in total. The Morgan fingerprint density at radius 3 is 2.52 bits per heavy atom. The van der Waals surface area contributed by atoms with E-state index in [1.54, 1.807) is 6.07 Å². The van der Waals surface area contributed by atoms with Crippen LogP contribution in [0.4, 0.5) is 4.39 Å². The van der Waals surface area contributed by atoms with Gasteiger partial charge in [0.2, 0.25) is 5.91 Å². The van der Waals surface area contributed by atoms with E-state index in [2.05, 4.69) is 15.9 Å². The predicted octanol–water partition coefficient (Wildman–Crippen LogP) is 3.36. The van der Waals surface area contributed by atoms with Gasteiger partial charge in [-0.3, -0.25) is 9.59 Å². The summed E-state index contributed by atoms with van der Waals surface area (Å²) >= 11 is 3.18. The molecule has 6 heteroatoms. The van der Waals surface area contributed by atoms with Gasteiger partial charge in [0.15, 0.2) is 0 Å². The van der Waals surface area contributed by atoms with E-state index in [0.29, 0.717) is 4.47 Å². The zero-order valence-corrected chi connectivity index (χ0v) is 13.6. The molecule has 0 bridgehead atoms. The summed E-state index contributed by atoms with van der Waals surface area (Å²) in [6.45, 7) is 5.46. The maximum Gasteiger partial charge on any atom is 0.309 e. The monoisotopic (exact) mass is 357 g/mol. The van der Waals surface area contributed by atoms with E-state index in [0.717, 1.165) is 0 Å². The van der Waals surface area contributed by atoms with Gasteiger partial charge in [-0.15, -0.1) is 0 Å². The van der Waals surface area contributed by atoms with Crippen molar-refractivity contribution in [2.24, 2.45) is 5.92 Å². The van der Waals surface area contributed by atoms with Crippen LogP contribution < -0.4 is 0 Å². The summed E-state index contributed by atoms with van der Waals surface area (Å²) in [6.07, 6.45) is -0.104. The average molecular weight is 358 g/mol. The molecule has 0 spiro atoms. The molecule has 21 heavy (non-hydrogen) atoms. The number of amides is 1. The van der Waals surface area contributed by atoms with Crippen molar-refractivity contribution < 1.29 is 19.1 Å². The fourth-order valence-corrected chi connectivity index (χ4v) is 3.18. The number of aliphatic carboxylic acids is 1. The minimum Gasteiger partial charge on any atom is -0.481 e. The van der Waals surface area contributed by atoms with Crippen molar-refractivity contribution in [2.75, 3.05) is 0 Å². The Hall–Kier alpha value is -1.43. The van der Waals surface area contributed by atoms with Crippen LogP contribution in [-0.4, -0.2) is 27.4 Å². The molecule has 1 saturated heterocycles. The van der Waals surface area contributed by atoms with Crippen molar-refractivity contribution in [1.82, 2.24) is 4.90 Å². The smallest absolute Gasteiger partial charge is 0.309 e. The first-order chi connectivity index (χ1) is 9.62. The van der Waals surface area contributed by atoms with Crippen LogP contribution in [-0.2, 0) is 9.59 Å². The van der Waals surface area contributed by atoms with Crippen LogP contribution in [0.5, 0.6) is 0 Å². The van der Waals surface area contributed by atoms with Crippen LogP contribution >= 0.6 is 15.9 Å².